The van der Waals surface area contributed by atoms with Crippen LogP contribution in [0, 0.1) is 0 Å². The Bertz CT molecular complexity index is 422. The number of aliphatic hydroxyl groups is 1. The number of hydrogen-bond acceptors (Lipinski definition) is 4. The molecule has 0 fully saturated rings. The van der Waals surface area contributed by atoms with Crippen LogP contribution in [0.25, 0.3) is 0 Å². The predicted molar refractivity (Wildman–Crippen MR) is 65.0 cm³/mol. The Balaban J connectivity index is 3.01. The highest BCUT2D eigenvalue weighted by atomic mass is 16.4. The van der Waals surface area contributed by atoms with Gasteiger partial charge < -0.3 is 9.52 Å². The lowest BCUT2D eigenvalue weighted by atomic mass is 9.97. The van der Waals surface area contributed by atoms with Crippen LogP contribution in [0.15, 0.2) is 9.21 Å². The molecule has 1 aromatic rings. The second-order valence-corrected chi connectivity index (χ2v) is 5.51. The Labute approximate surface area is 101 Å². The molecule has 0 aliphatic rings. The highest BCUT2D eigenvalue weighted by molar-refractivity contribution is 4.94. The van der Waals surface area contributed by atoms with Crippen molar-refractivity contribution >= 4 is 0 Å². The van der Waals surface area contributed by atoms with Crippen LogP contribution in [-0.4, -0.2) is 20.5 Å². The van der Waals surface area contributed by atoms with Crippen molar-refractivity contribution in [3.05, 3.63) is 16.4 Å². The van der Waals surface area contributed by atoms with E-state index in [0.29, 0.717) is 18.7 Å². The van der Waals surface area contributed by atoms with Crippen molar-refractivity contribution in [2.24, 2.45) is 0 Å². The van der Waals surface area contributed by atoms with Gasteiger partial charge in [-0.25, -0.2) is 4.79 Å². The predicted octanol–water partition coefficient (Wildman–Crippen LogP) is 1.68. The van der Waals surface area contributed by atoms with E-state index in [1.54, 1.807) is 0 Å². The van der Waals surface area contributed by atoms with Crippen molar-refractivity contribution in [2.45, 2.75) is 65.0 Å². The highest BCUT2D eigenvalue weighted by Crippen LogP contribution is 2.20. The fourth-order valence-electron chi connectivity index (χ4n) is 1.46. The summed E-state index contributed by atoms with van der Waals surface area (Å²) < 4.78 is 6.31. The van der Waals surface area contributed by atoms with Gasteiger partial charge >= 0.3 is 5.76 Å². The van der Waals surface area contributed by atoms with Gasteiger partial charge in [-0.2, -0.15) is 4.68 Å². The van der Waals surface area contributed by atoms with Crippen molar-refractivity contribution in [3.8, 4) is 0 Å². The molecule has 0 radical (unpaired) electrons. The van der Waals surface area contributed by atoms with Crippen LogP contribution >= 0.6 is 0 Å². The van der Waals surface area contributed by atoms with Crippen molar-refractivity contribution < 1.29 is 9.52 Å². The molecular weight excluding hydrogens is 220 g/mol. The van der Waals surface area contributed by atoms with E-state index in [9.17, 15) is 9.90 Å². The van der Waals surface area contributed by atoms with Gasteiger partial charge in [0.2, 0.25) is 5.89 Å². The van der Waals surface area contributed by atoms with Gasteiger partial charge in [0.05, 0.1) is 12.1 Å². The summed E-state index contributed by atoms with van der Waals surface area (Å²) in [5, 5.41) is 14.3. The Morgan fingerprint density at radius 3 is 2.18 bits per heavy atom. The smallest absolute Gasteiger partial charge is 0.392 e. The Kier molecular flexibility index (Phi) is 3.81. The number of aromatic nitrogens is 2. The molecule has 1 aromatic heterocycles. The molecule has 17 heavy (non-hydrogen) atoms. The summed E-state index contributed by atoms with van der Waals surface area (Å²) in [6, 6.07) is 0. The minimum atomic E-state index is -0.893. The van der Waals surface area contributed by atoms with Gasteiger partial charge in [0.1, 0.15) is 0 Å². The quantitative estimate of drug-likeness (QED) is 0.872. The first-order valence-electron chi connectivity index (χ1n) is 6.02. The van der Waals surface area contributed by atoms with Gasteiger partial charge in [-0.3, -0.25) is 0 Å². The first-order valence-corrected chi connectivity index (χ1v) is 6.02. The summed E-state index contributed by atoms with van der Waals surface area (Å²) in [7, 11) is 0. The maximum atomic E-state index is 11.6. The van der Waals surface area contributed by atoms with Gasteiger partial charge in [-0.05, 0) is 12.8 Å². The van der Waals surface area contributed by atoms with Crippen LogP contribution in [0.2, 0.25) is 0 Å². The molecule has 0 aliphatic heterocycles. The Morgan fingerprint density at radius 2 is 1.82 bits per heavy atom. The zero-order chi connectivity index (χ0) is 13.3. The molecule has 1 N–H and O–H groups in total. The van der Waals surface area contributed by atoms with Gasteiger partial charge in [-0.1, -0.05) is 34.6 Å². The topological polar surface area (TPSA) is 68.3 Å². The molecule has 5 heteroatoms. The molecule has 1 heterocycles. The van der Waals surface area contributed by atoms with E-state index in [2.05, 4.69) is 5.10 Å². The van der Waals surface area contributed by atoms with Gasteiger partial charge in [0.25, 0.3) is 0 Å². The maximum absolute atomic E-state index is 11.6. The van der Waals surface area contributed by atoms with E-state index in [0.717, 1.165) is 0 Å². The number of rotatable bonds is 4. The van der Waals surface area contributed by atoms with E-state index >= 15 is 0 Å². The van der Waals surface area contributed by atoms with Crippen LogP contribution < -0.4 is 5.76 Å². The molecule has 0 aromatic carbocycles. The average molecular weight is 242 g/mol. The minimum absolute atomic E-state index is 0.179. The molecule has 98 valence electrons. The highest BCUT2D eigenvalue weighted by Gasteiger charge is 2.28. The summed E-state index contributed by atoms with van der Waals surface area (Å²) >= 11 is 0. The SMILES string of the molecule is CCC(O)(CC)Cn1nc(C(C)(C)C)oc1=O. The second kappa shape index (κ2) is 4.64. The molecule has 0 spiro atoms. The molecular formula is C12H22N2O3. The van der Waals surface area contributed by atoms with E-state index < -0.39 is 11.4 Å². The van der Waals surface area contributed by atoms with Gasteiger partial charge in [-0.15, -0.1) is 5.10 Å². The molecule has 1 rings (SSSR count). The first kappa shape index (κ1) is 14.0. The normalized spacial score (nSPS) is 13.1. The molecule has 0 saturated carbocycles. The molecule has 0 unspecified atom stereocenters. The summed E-state index contributed by atoms with van der Waals surface area (Å²) in [6.07, 6.45) is 1.15. The third-order valence-electron chi connectivity index (χ3n) is 3.01. The molecule has 0 amide bonds. The average Bonchev–Trinajstić information content (AvgIpc) is 2.60. The van der Waals surface area contributed by atoms with Crippen LogP contribution in [0.4, 0.5) is 0 Å². The largest absolute Gasteiger partial charge is 0.437 e. The van der Waals surface area contributed by atoms with Crippen molar-refractivity contribution in [3.63, 3.8) is 0 Å². The lowest BCUT2D eigenvalue weighted by molar-refractivity contribution is 0.0101. The van der Waals surface area contributed by atoms with E-state index in [4.69, 9.17) is 4.42 Å². The summed E-state index contributed by atoms with van der Waals surface area (Å²) in [5.41, 5.74) is -1.20. The zero-order valence-electron chi connectivity index (χ0n) is 11.3. The number of hydrogen-bond donors (Lipinski definition) is 1. The zero-order valence-corrected chi connectivity index (χ0v) is 11.3. The lowest BCUT2D eigenvalue weighted by Gasteiger charge is -2.23. The van der Waals surface area contributed by atoms with E-state index in [1.165, 1.54) is 4.68 Å². The fourth-order valence-corrected chi connectivity index (χ4v) is 1.46. The third kappa shape index (κ3) is 3.19. The van der Waals surface area contributed by atoms with Crippen LogP contribution in [0.1, 0.15) is 53.4 Å². The van der Waals surface area contributed by atoms with Crippen LogP contribution in [-0.2, 0) is 12.0 Å². The van der Waals surface area contributed by atoms with Gasteiger partial charge in [0, 0.05) is 5.41 Å². The van der Waals surface area contributed by atoms with E-state index in [-0.39, 0.29) is 12.0 Å². The number of nitrogens with zero attached hydrogens (tertiary/aromatic N) is 2. The summed E-state index contributed by atoms with van der Waals surface area (Å²) in [6.45, 7) is 9.73. The van der Waals surface area contributed by atoms with Crippen molar-refractivity contribution in [1.82, 2.24) is 9.78 Å². The Hall–Kier alpha value is -1.10. The van der Waals surface area contributed by atoms with Crippen LogP contribution in [0.3, 0.4) is 0 Å². The molecule has 0 atom stereocenters. The maximum Gasteiger partial charge on any atom is 0.437 e. The Morgan fingerprint density at radius 1 is 1.29 bits per heavy atom. The van der Waals surface area contributed by atoms with E-state index in [1.807, 2.05) is 34.6 Å². The minimum Gasteiger partial charge on any atom is -0.392 e. The molecule has 5 nitrogen and oxygen atoms in total. The fraction of sp³-hybridized carbons (Fsp3) is 0.833. The lowest BCUT2D eigenvalue weighted by Crippen LogP contribution is -2.36. The molecule has 0 aliphatic carbocycles. The second-order valence-electron chi connectivity index (χ2n) is 5.51. The van der Waals surface area contributed by atoms with Crippen LogP contribution in [0.5, 0.6) is 0 Å². The first-order chi connectivity index (χ1) is 7.72. The molecule has 0 saturated heterocycles. The summed E-state index contributed by atoms with van der Waals surface area (Å²) in [5.74, 6) is -0.104. The molecule has 0 bridgehead atoms. The monoisotopic (exact) mass is 242 g/mol. The summed E-state index contributed by atoms with van der Waals surface area (Å²) in [4.78, 5) is 11.6. The standard InChI is InChI=1S/C12H22N2O3/c1-6-12(16,7-2)8-14-10(15)17-9(13-14)11(3,4)5/h16H,6-8H2,1-5H3. The third-order valence-corrected chi connectivity index (χ3v) is 3.01. The van der Waals surface area contributed by atoms with Gasteiger partial charge in [0.15, 0.2) is 0 Å². The van der Waals surface area contributed by atoms with Crippen molar-refractivity contribution in [2.75, 3.05) is 0 Å². The van der Waals surface area contributed by atoms with Crippen molar-refractivity contribution in [1.29, 1.82) is 0 Å².